The van der Waals surface area contributed by atoms with E-state index in [0.717, 1.165) is 31.6 Å². The Kier molecular flexibility index (Phi) is 7.46. The van der Waals surface area contributed by atoms with Gasteiger partial charge in [0.2, 0.25) is 0 Å². The predicted molar refractivity (Wildman–Crippen MR) is 75.3 cm³/mol. The zero-order valence-electron chi connectivity index (χ0n) is 11.7. The summed E-state index contributed by atoms with van der Waals surface area (Å²) in [6.07, 6.45) is 4.54. The lowest BCUT2D eigenvalue weighted by molar-refractivity contribution is 0.188. The lowest BCUT2D eigenvalue weighted by atomic mass is 10.0. The Bertz CT molecular complexity index is 311. The van der Waals surface area contributed by atoms with Gasteiger partial charge in [-0.15, -0.1) is 0 Å². The van der Waals surface area contributed by atoms with Gasteiger partial charge in [0.05, 0.1) is 7.11 Å². The molecule has 0 aliphatic rings. The number of benzene rings is 1. The van der Waals surface area contributed by atoms with Gasteiger partial charge in [0.15, 0.2) is 0 Å². The molecule has 1 N–H and O–H groups in total. The molecule has 1 aromatic carbocycles. The van der Waals surface area contributed by atoms with E-state index in [2.05, 4.69) is 17.4 Å². The van der Waals surface area contributed by atoms with Gasteiger partial charge in [-0.1, -0.05) is 12.1 Å². The maximum atomic E-state index is 5.16. The topological polar surface area (TPSA) is 30.5 Å². The molecule has 3 heteroatoms. The summed E-state index contributed by atoms with van der Waals surface area (Å²) >= 11 is 0. The Morgan fingerprint density at radius 1 is 1.11 bits per heavy atom. The lowest BCUT2D eigenvalue weighted by Crippen LogP contribution is -2.26. The first-order valence-corrected chi connectivity index (χ1v) is 6.59. The van der Waals surface area contributed by atoms with Gasteiger partial charge in [-0.25, -0.2) is 0 Å². The van der Waals surface area contributed by atoms with Crippen LogP contribution in [0.2, 0.25) is 0 Å². The zero-order valence-corrected chi connectivity index (χ0v) is 11.7. The summed E-state index contributed by atoms with van der Waals surface area (Å²) in [6, 6.07) is 8.90. The van der Waals surface area contributed by atoms with Gasteiger partial charge in [-0.3, -0.25) is 0 Å². The van der Waals surface area contributed by atoms with Gasteiger partial charge in [0.1, 0.15) is 5.75 Å². The fraction of sp³-hybridized carbons (Fsp3) is 0.600. The van der Waals surface area contributed by atoms with E-state index in [9.17, 15) is 0 Å². The average molecular weight is 251 g/mol. The Hall–Kier alpha value is -1.06. The molecule has 0 fully saturated rings. The first-order chi connectivity index (χ1) is 8.80. The van der Waals surface area contributed by atoms with Crippen molar-refractivity contribution in [2.75, 3.05) is 27.9 Å². The molecule has 0 radical (unpaired) electrons. The number of methoxy groups -OCH3 is 2. The molecular weight excluding hydrogens is 226 g/mol. The number of hydrogen-bond donors (Lipinski definition) is 1. The molecule has 0 saturated carbocycles. The molecule has 0 saturated heterocycles. The highest BCUT2D eigenvalue weighted by atomic mass is 16.5. The van der Waals surface area contributed by atoms with Crippen LogP contribution in [0.1, 0.15) is 24.8 Å². The summed E-state index contributed by atoms with van der Waals surface area (Å²) in [5, 5.41) is 3.37. The highest BCUT2D eigenvalue weighted by molar-refractivity contribution is 5.27. The number of rotatable bonds is 9. The molecule has 0 spiro atoms. The lowest BCUT2D eigenvalue weighted by Gasteiger charge is -2.15. The first-order valence-electron chi connectivity index (χ1n) is 6.59. The molecule has 0 aliphatic carbocycles. The van der Waals surface area contributed by atoms with Crippen molar-refractivity contribution >= 4 is 0 Å². The van der Waals surface area contributed by atoms with Crippen molar-refractivity contribution in [2.45, 2.75) is 31.7 Å². The van der Waals surface area contributed by atoms with Crippen molar-refractivity contribution in [3.8, 4) is 5.75 Å². The van der Waals surface area contributed by atoms with E-state index in [1.54, 1.807) is 14.2 Å². The zero-order chi connectivity index (χ0) is 13.2. The Morgan fingerprint density at radius 3 is 2.39 bits per heavy atom. The molecule has 0 amide bonds. The number of aryl methyl sites for hydroxylation is 1. The molecule has 1 aromatic rings. The molecule has 0 bridgehead atoms. The summed E-state index contributed by atoms with van der Waals surface area (Å²) < 4.78 is 10.2. The van der Waals surface area contributed by atoms with Crippen LogP contribution in [0.3, 0.4) is 0 Å². The van der Waals surface area contributed by atoms with Crippen molar-refractivity contribution in [3.05, 3.63) is 29.8 Å². The molecule has 1 atom stereocenters. The maximum Gasteiger partial charge on any atom is 0.118 e. The van der Waals surface area contributed by atoms with Crippen LogP contribution in [-0.4, -0.2) is 33.9 Å². The summed E-state index contributed by atoms with van der Waals surface area (Å²) in [6.45, 7) is 0.848. The quantitative estimate of drug-likeness (QED) is 0.684. The second-order valence-electron chi connectivity index (χ2n) is 4.51. The van der Waals surface area contributed by atoms with Gasteiger partial charge in [0, 0.05) is 19.8 Å². The van der Waals surface area contributed by atoms with Crippen LogP contribution in [0.15, 0.2) is 24.3 Å². The molecule has 1 unspecified atom stereocenters. The van der Waals surface area contributed by atoms with Crippen molar-refractivity contribution in [2.24, 2.45) is 0 Å². The molecule has 18 heavy (non-hydrogen) atoms. The monoisotopic (exact) mass is 251 g/mol. The third-order valence-corrected chi connectivity index (χ3v) is 3.25. The smallest absolute Gasteiger partial charge is 0.118 e. The van der Waals surface area contributed by atoms with Crippen LogP contribution in [0, 0.1) is 0 Å². The molecule has 0 heterocycles. The van der Waals surface area contributed by atoms with Crippen LogP contribution in [-0.2, 0) is 11.2 Å². The first kappa shape index (κ1) is 15.0. The summed E-state index contributed by atoms with van der Waals surface area (Å²) in [7, 11) is 5.49. The van der Waals surface area contributed by atoms with Gasteiger partial charge < -0.3 is 14.8 Å². The second-order valence-corrected chi connectivity index (χ2v) is 4.51. The van der Waals surface area contributed by atoms with E-state index in [1.807, 2.05) is 19.2 Å². The minimum absolute atomic E-state index is 0.572. The van der Waals surface area contributed by atoms with E-state index in [4.69, 9.17) is 9.47 Å². The number of nitrogens with one attached hydrogen (secondary N) is 1. The summed E-state index contributed by atoms with van der Waals surface area (Å²) in [4.78, 5) is 0. The molecule has 1 rings (SSSR count). The maximum absolute atomic E-state index is 5.16. The fourth-order valence-corrected chi connectivity index (χ4v) is 2.04. The van der Waals surface area contributed by atoms with Crippen molar-refractivity contribution in [3.63, 3.8) is 0 Å². The molecular formula is C15H25NO2. The van der Waals surface area contributed by atoms with Crippen LogP contribution in [0.5, 0.6) is 5.75 Å². The molecule has 102 valence electrons. The van der Waals surface area contributed by atoms with Crippen molar-refractivity contribution < 1.29 is 9.47 Å². The number of hydrogen-bond acceptors (Lipinski definition) is 3. The average Bonchev–Trinajstić information content (AvgIpc) is 2.43. The summed E-state index contributed by atoms with van der Waals surface area (Å²) in [5.41, 5.74) is 1.36. The van der Waals surface area contributed by atoms with E-state index < -0.39 is 0 Å². The Balaban J connectivity index is 2.32. The summed E-state index contributed by atoms with van der Waals surface area (Å²) in [5.74, 6) is 0.920. The van der Waals surface area contributed by atoms with E-state index in [1.165, 1.54) is 12.0 Å². The third kappa shape index (κ3) is 5.52. The van der Waals surface area contributed by atoms with Gasteiger partial charge in [-0.2, -0.15) is 0 Å². The highest BCUT2D eigenvalue weighted by Gasteiger charge is 2.06. The fourth-order valence-electron chi connectivity index (χ4n) is 2.04. The molecule has 0 aliphatic heterocycles. The van der Waals surface area contributed by atoms with Gasteiger partial charge in [0.25, 0.3) is 0 Å². The van der Waals surface area contributed by atoms with Gasteiger partial charge >= 0.3 is 0 Å². The van der Waals surface area contributed by atoms with E-state index in [-0.39, 0.29) is 0 Å². The van der Waals surface area contributed by atoms with Gasteiger partial charge in [-0.05, 0) is 50.4 Å². The molecule has 3 nitrogen and oxygen atoms in total. The Morgan fingerprint density at radius 2 is 1.83 bits per heavy atom. The van der Waals surface area contributed by atoms with Crippen LogP contribution in [0.4, 0.5) is 0 Å². The number of ether oxygens (including phenoxy) is 2. The highest BCUT2D eigenvalue weighted by Crippen LogP contribution is 2.14. The standard InChI is InChI=1S/C15H25NO2/c1-16-14(5-4-12-17-2)9-6-13-7-10-15(18-3)11-8-13/h7-8,10-11,14,16H,4-6,9,12H2,1-3H3. The minimum atomic E-state index is 0.572. The Labute approximate surface area is 110 Å². The second kappa shape index (κ2) is 8.95. The van der Waals surface area contributed by atoms with Crippen LogP contribution < -0.4 is 10.1 Å². The van der Waals surface area contributed by atoms with E-state index in [0.29, 0.717) is 6.04 Å². The SMILES string of the molecule is CNC(CCCOC)CCc1ccc(OC)cc1. The third-order valence-electron chi connectivity index (χ3n) is 3.25. The predicted octanol–water partition coefficient (Wildman–Crippen LogP) is 2.64. The van der Waals surface area contributed by atoms with E-state index >= 15 is 0 Å². The van der Waals surface area contributed by atoms with Crippen molar-refractivity contribution in [1.82, 2.24) is 5.32 Å². The minimum Gasteiger partial charge on any atom is -0.497 e. The van der Waals surface area contributed by atoms with Crippen LogP contribution in [0.25, 0.3) is 0 Å². The van der Waals surface area contributed by atoms with Crippen molar-refractivity contribution in [1.29, 1.82) is 0 Å². The normalized spacial score (nSPS) is 12.4. The van der Waals surface area contributed by atoms with Crippen LogP contribution >= 0.6 is 0 Å². The largest absolute Gasteiger partial charge is 0.497 e. The molecule has 0 aromatic heterocycles.